The lowest BCUT2D eigenvalue weighted by atomic mass is 10.3. The second-order valence-corrected chi connectivity index (χ2v) is 4.63. The lowest BCUT2D eigenvalue weighted by molar-refractivity contribution is 0.418. The van der Waals surface area contributed by atoms with E-state index in [4.69, 9.17) is 4.74 Å². The van der Waals surface area contributed by atoms with Crippen molar-refractivity contribution in [3.63, 3.8) is 0 Å². The number of ether oxygens (including phenoxy) is 1. The van der Waals surface area contributed by atoms with E-state index in [1.807, 2.05) is 25.1 Å². The third kappa shape index (κ3) is 3.59. The summed E-state index contributed by atoms with van der Waals surface area (Å²) in [6.45, 7) is 2.27. The van der Waals surface area contributed by atoms with Gasteiger partial charge in [0.2, 0.25) is 0 Å². The highest BCUT2D eigenvalue weighted by Gasteiger charge is 2.13. The molecule has 0 aliphatic heterocycles. The number of hydrogen-bond acceptors (Lipinski definition) is 4. The summed E-state index contributed by atoms with van der Waals surface area (Å²) in [6.07, 6.45) is 0. The van der Waals surface area contributed by atoms with Crippen LogP contribution in [0.1, 0.15) is 6.92 Å². The number of nitrogens with zero attached hydrogens (tertiary/aromatic N) is 2. The van der Waals surface area contributed by atoms with Crippen molar-refractivity contribution in [3.8, 4) is 11.6 Å². The molecule has 1 N–H and O–H groups in total. The number of nitrogens with one attached hydrogen (secondary N) is 1. The van der Waals surface area contributed by atoms with Gasteiger partial charge in [0, 0.05) is 38.5 Å². The Kier molecular flexibility index (Phi) is 4.57. The highest BCUT2D eigenvalue weighted by atomic mass is 19.1. The van der Waals surface area contributed by atoms with Crippen LogP contribution >= 0.6 is 0 Å². The average Bonchev–Trinajstić information content (AvgIpc) is 2.44. The van der Waals surface area contributed by atoms with Gasteiger partial charge in [-0.25, -0.2) is 8.78 Å². The van der Waals surface area contributed by atoms with Gasteiger partial charge in [0.1, 0.15) is 5.75 Å². The Morgan fingerprint density at radius 1 is 1.19 bits per heavy atom. The molecule has 6 heteroatoms. The van der Waals surface area contributed by atoms with Crippen LogP contribution in [0.25, 0.3) is 0 Å². The predicted octanol–water partition coefficient (Wildman–Crippen LogP) is 3.65. The number of rotatable bonds is 5. The van der Waals surface area contributed by atoms with Gasteiger partial charge in [0.05, 0.1) is 0 Å². The summed E-state index contributed by atoms with van der Waals surface area (Å²) in [4.78, 5) is 5.73. The molecule has 0 fully saturated rings. The van der Waals surface area contributed by atoms with E-state index in [0.717, 1.165) is 11.8 Å². The molecule has 1 aromatic heterocycles. The monoisotopic (exact) mass is 293 g/mol. The van der Waals surface area contributed by atoms with Gasteiger partial charge in [-0.2, -0.15) is 4.98 Å². The van der Waals surface area contributed by atoms with Crippen LogP contribution in [0.2, 0.25) is 0 Å². The summed E-state index contributed by atoms with van der Waals surface area (Å²) in [5.74, 6) is -1.45. The van der Waals surface area contributed by atoms with Crippen molar-refractivity contribution in [2.75, 3.05) is 30.9 Å². The fourth-order valence-corrected chi connectivity index (χ4v) is 1.75. The third-order valence-corrected chi connectivity index (χ3v) is 2.79. The molecule has 0 amide bonds. The molecular formula is C15H17F2N3O. The fourth-order valence-electron chi connectivity index (χ4n) is 1.75. The zero-order valence-corrected chi connectivity index (χ0v) is 12.2. The molecule has 0 spiro atoms. The molecule has 0 saturated heterocycles. The van der Waals surface area contributed by atoms with Gasteiger partial charge in [-0.1, -0.05) is 6.07 Å². The number of hydrogen-bond donors (Lipinski definition) is 1. The maximum atomic E-state index is 13.7. The van der Waals surface area contributed by atoms with Crippen LogP contribution in [0.4, 0.5) is 20.3 Å². The number of benzene rings is 1. The van der Waals surface area contributed by atoms with E-state index < -0.39 is 11.6 Å². The first kappa shape index (κ1) is 15.0. The standard InChI is InChI=1S/C15H17F2N3O/c1-4-18-14-12(16)9-13(17)15(19-14)21-11-7-5-6-10(8-11)20(2)3/h5-9H,4H2,1-3H3,(H,18,19). The zero-order valence-electron chi connectivity index (χ0n) is 12.2. The SMILES string of the molecule is CCNc1nc(Oc2cccc(N(C)C)c2)c(F)cc1F. The number of pyridine rings is 1. The number of halogens is 2. The first-order valence-electron chi connectivity index (χ1n) is 6.56. The molecule has 0 aliphatic rings. The van der Waals surface area contributed by atoms with Crippen molar-refractivity contribution >= 4 is 11.5 Å². The van der Waals surface area contributed by atoms with E-state index in [1.165, 1.54) is 0 Å². The zero-order chi connectivity index (χ0) is 15.4. The third-order valence-electron chi connectivity index (χ3n) is 2.79. The van der Waals surface area contributed by atoms with Crippen molar-refractivity contribution < 1.29 is 13.5 Å². The molecule has 1 aromatic carbocycles. The van der Waals surface area contributed by atoms with Crippen molar-refractivity contribution in [3.05, 3.63) is 42.0 Å². The Balaban J connectivity index is 2.30. The summed E-state index contributed by atoms with van der Waals surface area (Å²) < 4.78 is 32.7. The van der Waals surface area contributed by atoms with Crippen LogP contribution in [-0.4, -0.2) is 25.6 Å². The molecule has 0 saturated carbocycles. The fraction of sp³-hybridized carbons (Fsp3) is 0.267. The lowest BCUT2D eigenvalue weighted by Gasteiger charge is -2.14. The molecular weight excluding hydrogens is 276 g/mol. The molecule has 0 unspecified atom stereocenters. The van der Waals surface area contributed by atoms with Gasteiger partial charge in [-0.05, 0) is 19.1 Å². The molecule has 1 heterocycles. The second kappa shape index (κ2) is 6.39. The minimum atomic E-state index is -0.843. The summed E-state index contributed by atoms with van der Waals surface area (Å²) in [5, 5.41) is 2.72. The van der Waals surface area contributed by atoms with Gasteiger partial charge in [-0.3, -0.25) is 0 Å². The van der Waals surface area contributed by atoms with Gasteiger partial charge in [0.15, 0.2) is 17.5 Å². The predicted molar refractivity (Wildman–Crippen MR) is 79.2 cm³/mol. The first-order chi connectivity index (χ1) is 10.0. The van der Waals surface area contributed by atoms with Crippen LogP contribution in [0.3, 0.4) is 0 Å². The number of anilines is 2. The molecule has 2 rings (SSSR count). The van der Waals surface area contributed by atoms with Crippen molar-refractivity contribution in [1.29, 1.82) is 0 Å². The molecule has 0 bridgehead atoms. The summed E-state index contributed by atoms with van der Waals surface area (Å²) >= 11 is 0. The molecule has 0 atom stereocenters. The summed E-state index contributed by atoms with van der Waals surface area (Å²) in [7, 11) is 3.78. The second-order valence-electron chi connectivity index (χ2n) is 4.63. The van der Waals surface area contributed by atoms with Crippen molar-refractivity contribution in [2.45, 2.75) is 6.92 Å². The Morgan fingerprint density at radius 2 is 1.95 bits per heavy atom. The maximum absolute atomic E-state index is 13.7. The van der Waals surface area contributed by atoms with Crippen molar-refractivity contribution in [2.24, 2.45) is 0 Å². The maximum Gasteiger partial charge on any atom is 0.258 e. The Labute approximate surface area is 122 Å². The summed E-state index contributed by atoms with van der Waals surface area (Å²) in [5.41, 5.74) is 0.905. The topological polar surface area (TPSA) is 37.4 Å². The largest absolute Gasteiger partial charge is 0.436 e. The normalized spacial score (nSPS) is 10.3. The van der Waals surface area contributed by atoms with Gasteiger partial charge in [0.25, 0.3) is 5.88 Å². The van der Waals surface area contributed by atoms with Gasteiger partial charge < -0.3 is 15.0 Å². The Hall–Kier alpha value is -2.37. The Bertz CT molecular complexity index is 632. The molecule has 21 heavy (non-hydrogen) atoms. The minimum Gasteiger partial charge on any atom is -0.436 e. The average molecular weight is 293 g/mol. The molecule has 0 aliphatic carbocycles. The van der Waals surface area contributed by atoms with Crippen LogP contribution in [0.5, 0.6) is 11.6 Å². The van der Waals surface area contributed by atoms with Crippen LogP contribution in [-0.2, 0) is 0 Å². The number of aromatic nitrogens is 1. The lowest BCUT2D eigenvalue weighted by Crippen LogP contribution is -2.08. The van der Waals surface area contributed by atoms with Gasteiger partial charge in [-0.15, -0.1) is 0 Å². The van der Waals surface area contributed by atoms with E-state index in [2.05, 4.69) is 10.3 Å². The van der Waals surface area contributed by atoms with Crippen LogP contribution in [0, 0.1) is 11.6 Å². The van der Waals surface area contributed by atoms with Crippen LogP contribution < -0.4 is 15.0 Å². The molecule has 2 aromatic rings. The van der Waals surface area contributed by atoms with Crippen LogP contribution in [0.15, 0.2) is 30.3 Å². The molecule has 4 nitrogen and oxygen atoms in total. The molecule has 0 radical (unpaired) electrons. The highest BCUT2D eigenvalue weighted by Crippen LogP contribution is 2.28. The van der Waals surface area contributed by atoms with E-state index in [0.29, 0.717) is 12.3 Å². The van der Waals surface area contributed by atoms with E-state index in [-0.39, 0.29) is 11.7 Å². The Morgan fingerprint density at radius 3 is 2.62 bits per heavy atom. The smallest absolute Gasteiger partial charge is 0.258 e. The van der Waals surface area contributed by atoms with E-state index in [1.54, 1.807) is 25.1 Å². The molecule has 112 valence electrons. The summed E-state index contributed by atoms with van der Waals surface area (Å²) in [6, 6.07) is 7.88. The highest BCUT2D eigenvalue weighted by molar-refractivity contribution is 5.50. The minimum absolute atomic E-state index is 0.0299. The van der Waals surface area contributed by atoms with Crippen molar-refractivity contribution in [1.82, 2.24) is 4.98 Å². The van der Waals surface area contributed by atoms with E-state index >= 15 is 0 Å². The quantitative estimate of drug-likeness (QED) is 0.913. The van der Waals surface area contributed by atoms with Gasteiger partial charge >= 0.3 is 0 Å². The van der Waals surface area contributed by atoms with E-state index in [9.17, 15) is 8.78 Å². The first-order valence-corrected chi connectivity index (χ1v) is 6.56.